The molecule has 0 aliphatic heterocycles. The maximum Gasteiger partial charge on any atom is 0.264 e. The Labute approximate surface area is 160 Å². The van der Waals surface area contributed by atoms with Crippen LogP contribution in [0.25, 0.3) is 10.8 Å². The van der Waals surface area contributed by atoms with Gasteiger partial charge in [-0.1, -0.05) is 37.1 Å². The highest BCUT2D eigenvalue weighted by Gasteiger charge is 2.17. The van der Waals surface area contributed by atoms with E-state index >= 15 is 0 Å². The first-order chi connectivity index (χ1) is 12.7. The zero-order chi connectivity index (χ0) is 19.9. The van der Waals surface area contributed by atoms with E-state index in [1.807, 2.05) is 0 Å². The van der Waals surface area contributed by atoms with Crippen LogP contribution in [-0.4, -0.2) is 36.2 Å². The smallest absolute Gasteiger partial charge is 0.264 e. The van der Waals surface area contributed by atoms with Gasteiger partial charge in [-0.25, -0.2) is 13.1 Å². The third-order valence-corrected chi connectivity index (χ3v) is 6.07. The van der Waals surface area contributed by atoms with E-state index in [4.69, 9.17) is 0 Å². The van der Waals surface area contributed by atoms with E-state index in [-0.39, 0.29) is 18.0 Å². The number of nitrogens with zero attached hydrogens (tertiary/aromatic N) is 1. The fraction of sp³-hybridized carbons (Fsp3) is 0.389. The maximum absolute atomic E-state index is 12.6. The van der Waals surface area contributed by atoms with Gasteiger partial charge in [0.25, 0.3) is 10.1 Å². The first kappa shape index (κ1) is 21.3. The molecular formula is C18H22N2O5S2. The first-order valence-electron chi connectivity index (χ1n) is 8.50. The van der Waals surface area contributed by atoms with Crippen LogP contribution in [0.1, 0.15) is 31.2 Å². The minimum absolute atomic E-state index is 0.141. The lowest BCUT2D eigenvalue weighted by molar-refractivity contribution is 0.310. The van der Waals surface area contributed by atoms with Gasteiger partial charge in [0.15, 0.2) is 0 Å². The molecule has 0 atom stereocenters. The van der Waals surface area contributed by atoms with Gasteiger partial charge in [-0.05, 0) is 25.0 Å². The summed E-state index contributed by atoms with van der Waals surface area (Å²) in [5.74, 6) is 0. The molecule has 0 aliphatic rings. The Morgan fingerprint density at radius 3 is 2.33 bits per heavy atom. The molecule has 0 saturated heterocycles. The fourth-order valence-corrected chi connectivity index (χ4v) is 4.40. The standard InChI is InChI=1S/C18H22N2O5S2/c1-26(21,22)25-13-5-3-2-4-12-20-27(23,24)18-11-7-9-16-15(14-19)8-6-10-17(16)18/h6-11,20H,2-5,12-13H2,1H3. The number of sulfonamides is 1. The van der Waals surface area contributed by atoms with Gasteiger partial charge in [0.05, 0.1) is 29.4 Å². The van der Waals surface area contributed by atoms with Crippen LogP contribution >= 0.6 is 0 Å². The summed E-state index contributed by atoms with van der Waals surface area (Å²) < 4.78 is 54.1. The molecule has 0 aromatic heterocycles. The van der Waals surface area contributed by atoms with Crippen molar-refractivity contribution < 1.29 is 21.0 Å². The number of hydrogen-bond donors (Lipinski definition) is 1. The van der Waals surface area contributed by atoms with Crippen LogP contribution in [0, 0.1) is 11.3 Å². The number of unbranched alkanes of at least 4 members (excludes halogenated alkanes) is 3. The van der Waals surface area contributed by atoms with Crippen LogP contribution in [0.5, 0.6) is 0 Å². The summed E-state index contributed by atoms with van der Waals surface area (Å²) in [4.78, 5) is 0.152. The first-order valence-corrected chi connectivity index (χ1v) is 11.8. The molecule has 1 N–H and O–H groups in total. The van der Waals surface area contributed by atoms with Crippen molar-refractivity contribution in [3.05, 3.63) is 42.0 Å². The Morgan fingerprint density at radius 1 is 0.963 bits per heavy atom. The van der Waals surface area contributed by atoms with Crippen LogP contribution < -0.4 is 4.72 Å². The fourth-order valence-electron chi connectivity index (χ4n) is 2.69. The number of nitrogens with one attached hydrogen (secondary N) is 1. The molecular weight excluding hydrogens is 388 g/mol. The minimum atomic E-state index is -3.69. The van der Waals surface area contributed by atoms with Crippen molar-refractivity contribution in [3.63, 3.8) is 0 Å². The van der Waals surface area contributed by atoms with Crippen molar-refractivity contribution in [3.8, 4) is 6.07 Å². The van der Waals surface area contributed by atoms with Gasteiger partial charge in [0, 0.05) is 17.3 Å². The molecule has 2 aromatic rings. The summed E-state index contributed by atoms with van der Waals surface area (Å²) in [6.07, 6.45) is 3.74. The van der Waals surface area contributed by atoms with E-state index in [9.17, 15) is 22.1 Å². The lowest BCUT2D eigenvalue weighted by Crippen LogP contribution is -2.25. The lowest BCUT2D eigenvalue weighted by atomic mass is 10.1. The molecule has 0 spiro atoms. The predicted octanol–water partition coefficient (Wildman–Crippen LogP) is 2.53. The molecule has 2 aromatic carbocycles. The third kappa shape index (κ3) is 6.29. The zero-order valence-electron chi connectivity index (χ0n) is 15.0. The van der Waals surface area contributed by atoms with Crippen molar-refractivity contribution in [2.24, 2.45) is 0 Å². The predicted molar refractivity (Wildman–Crippen MR) is 103 cm³/mol. The summed E-state index contributed by atoms with van der Waals surface area (Å²) in [5.41, 5.74) is 0.431. The van der Waals surface area contributed by atoms with Gasteiger partial charge in [-0.2, -0.15) is 13.7 Å². The van der Waals surface area contributed by atoms with Crippen molar-refractivity contribution in [1.82, 2.24) is 4.72 Å². The number of rotatable bonds is 10. The molecule has 146 valence electrons. The monoisotopic (exact) mass is 410 g/mol. The van der Waals surface area contributed by atoms with Gasteiger partial charge in [0.1, 0.15) is 0 Å². The maximum atomic E-state index is 12.6. The third-order valence-electron chi connectivity index (χ3n) is 3.95. The Morgan fingerprint density at radius 2 is 1.63 bits per heavy atom. The van der Waals surface area contributed by atoms with Crippen LogP contribution in [-0.2, 0) is 24.3 Å². The zero-order valence-corrected chi connectivity index (χ0v) is 16.6. The highest BCUT2D eigenvalue weighted by atomic mass is 32.2. The van der Waals surface area contributed by atoms with E-state index < -0.39 is 20.1 Å². The van der Waals surface area contributed by atoms with E-state index in [1.54, 1.807) is 30.3 Å². The second kappa shape index (κ2) is 9.28. The van der Waals surface area contributed by atoms with Gasteiger partial charge in [0.2, 0.25) is 10.0 Å². The second-order valence-electron chi connectivity index (χ2n) is 6.11. The van der Waals surface area contributed by atoms with Gasteiger partial charge >= 0.3 is 0 Å². The highest BCUT2D eigenvalue weighted by Crippen LogP contribution is 2.25. The molecule has 0 saturated carbocycles. The molecule has 0 fully saturated rings. The molecule has 0 bridgehead atoms. The minimum Gasteiger partial charge on any atom is -0.270 e. The van der Waals surface area contributed by atoms with Crippen LogP contribution in [0.15, 0.2) is 41.3 Å². The lowest BCUT2D eigenvalue weighted by Gasteiger charge is -2.10. The quantitative estimate of drug-likeness (QED) is 0.476. The van der Waals surface area contributed by atoms with Gasteiger partial charge in [-0.3, -0.25) is 4.18 Å². The summed E-state index contributed by atoms with van der Waals surface area (Å²) in [5, 5.41) is 10.3. The molecule has 0 aliphatic carbocycles. The van der Waals surface area contributed by atoms with Crippen molar-refractivity contribution >= 4 is 30.9 Å². The summed E-state index contributed by atoms with van der Waals surface area (Å²) in [7, 11) is -7.10. The van der Waals surface area contributed by atoms with Gasteiger partial charge < -0.3 is 0 Å². The Kier molecular flexibility index (Phi) is 7.33. The average molecular weight is 411 g/mol. The SMILES string of the molecule is CS(=O)(=O)OCCCCCCNS(=O)(=O)c1cccc2c(C#N)cccc12. The molecule has 0 amide bonds. The van der Waals surface area contributed by atoms with Crippen LogP contribution in [0.2, 0.25) is 0 Å². The Bertz CT molecular complexity index is 1040. The number of fused-ring (bicyclic) bond motifs is 1. The number of benzene rings is 2. The normalized spacial score (nSPS) is 12.1. The average Bonchev–Trinajstić information content (AvgIpc) is 2.61. The van der Waals surface area contributed by atoms with Crippen molar-refractivity contribution in [2.45, 2.75) is 30.6 Å². The molecule has 9 heteroatoms. The van der Waals surface area contributed by atoms with Crippen molar-refractivity contribution in [2.75, 3.05) is 19.4 Å². The summed E-state index contributed by atoms with van der Waals surface area (Å²) in [6, 6.07) is 12.0. The van der Waals surface area contributed by atoms with E-state index in [0.29, 0.717) is 29.2 Å². The molecule has 0 heterocycles. The Hall–Kier alpha value is -1.99. The number of nitriles is 1. The largest absolute Gasteiger partial charge is 0.270 e. The van der Waals surface area contributed by atoms with Gasteiger partial charge in [-0.15, -0.1) is 0 Å². The van der Waals surface area contributed by atoms with E-state index in [2.05, 4.69) is 15.0 Å². The molecule has 27 heavy (non-hydrogen) atoms. The number of hydrogen-bond acceptors (Lipinski definition) is 6. The molecule has 7 nitrogen and oxygen atoms in total. The second-order valence-corrected chi connectivity index (χ2v) is 9.49. The summed E-state index contributed by atoms with van der Waals surface area (Å²) >= 11 is 0. The van der Waals surface area contributed by atoms with Crippen molar-refractivity contribution in [1.29, 1.82) is 5.26 Å². The van der Waals surface area contributed by atoms with Crippen LogP contribution in [0.3, 0.4) is 0 Å². The summed E-state index contributed by atoms with van der Waals surface area (Å²) in [6.45, 7) is 0.422. The van der Waals surface area contributed by atoms with E-state index in [1.165, 1.54) is 6.07 Å². The Balaban J connectivity index is 1.91. The van der Waals surface area contributed by atoms with E-state index in [0.717, 1.165) is 19.1 Å². The topological polar surface area (TPSA) is 113 Å². The highest BCUT2D eigenvalue weighted by molar-refractivity contribution is 7.89. The molecule has 0 unspecified atom stereocenters. The van der Waals surface area contributed by atoms with Crippen LogP contribution in [0.4, 0.5) is 0 Å². The molecule has 2 rings (SSSR count). The molecule has 0 radical (unpaired) electrons.